The van der Waals surface area contributed by atoms with E-state index in [1.165, 1.54) is 0 Å². The van der Waals surface area contributed by atoms with Gasteiger partial charge in [0.25, 0.3) is 0 Å². The van der Waals surface area contributed by atoms with Crippen LogP contribution < -0.4 is 4.74 Å². The Morgan fingerprint density at radius 2 is 1.90 bits per heavy atom. The molecular formula is C32H39N5O4. The topological polar surface area (TPSA) is 114 Å². The summed E-state index contributed by atoms with van der Waals surface area (Å²) >= 11 is 0. The Morgan fingerprint density at radius 3 is 2.61 bits per heavy atom. The quantitative estimate of drug-likeness (QED) is 0.313. The third-order valence-electron chi connectivity index (χ3n) is 8.51. The van der Waals surface area contributed by atoms with Gasteiger partial charge in [0.1, 0.15) is 23.1 Å². The van der Waals surface area contributed by atoms with Gasteiger partial charge in [0, 0.05) is 38.7 Å². The van der Waals surface area contributed by atoms with Crippen molar-refractivity contribution in [3.63, 3.8) is 0 Å². The Kier molecular flexibility index (Phi) is 7.50. The number of carboxylic acids is 1. The normalized spacial score (nSPS) is 16.8. The van der Waals surface area contributed by atoms with Gasteiger partial charge in [-0.3, -0.25) is 9.69 Å². The number of carboxylic acid groups (broad SMARTS) is 1. The van der Waals surface area contributed by atoms with Crippen molar-refractivity contribution in [2.75, 3.05) is 6.54 Å². The molecule has 3 heterocycles. The van der Waals surface area contributed by atoms with Gasteiger partial charge in [0.2, 0.25) is 5.88 Å². The van der Waals surface area contributed by atoms with E-state index in [2.05, 4.69) is 53.1 Å². The molecule has 0 spiro atoms. The smallest absolute Gasteiger partial charge is 0.310 e. The minimum Gasteiger partial charge on any atom is -0.493 e. The molecule has 0 saturated carbocycles. The average Bonchev–Trinajstić information content (AvgIpc) is 3.18. The number of hydrogen-bond acceptors (Lipinski definition) is 7. The molecule has 1 aliphatic rings. The van der Waals surface area contributed by atoms with Gasteiger partial charge in [-0.15, -0.1) is 5.10 Å². The van der Waals surface area contributed by atoms with Crippen LogP contribution in [0.4, 0.5) is 0 Å². The number of benzene rings is 2. The zero-order chi connectivity index (χ0) is 29.6. The van der Waals surface area contributed by atoms with E-state index >= 15 is 0 Å². The lowest BCUT2D eigenvalue weighted by Crippen LogP contribution is -2.36. The van der Waals surface area contributed by atoms with Crippen LogP contribution in [0, 0.1) is 25.2 Å². The second-order valence-corrected chi connectivity index (χ2v) is 12.2. The summed E-state index contributed by atoms with van der Waals surface area (Å²) in [4.78, 5) is 19.3. The Labute approximate surface area is 240 Å². The highest BCUT2D eigenvalue weighted by molar-refractivity contribution is 5.81. The van der Waals surface area contributed by atoms with E-state index in [0.717, 1.165) is 38.9 Å². The fourth-order valence-corrected chi connectivity index (χ4v) is 5.85. The molecule has 2 atom stereocenters. The molecule has 9 heteroatoms. The third-order valence-corrected chi connectivity index (χ3v) is 8.51. The Hall–Kier alpha value is -3.98. The van der Waals surface area contributed by atoms with Gasteiger partial charge in [-0.25, -0.2) is 9.67 Å². The van der Waals surface area contributed by atoms with Crippen molar-refractivity contribution in [3.8, 4) is 11.6 Å². The first kappa shape index (κ1) is 28.5. The molecule has 4 aromatic rings. The molecule has 0 fully saturated rings. The molecule has 0 amide bonds. The zero-order valence-corrected chi connectivity index (χ0v) is 24.8. The molecule has 0 aliphatic carbocycles. The summed E-state index contributed by atoms with van der Waals surface area (Å²) < 4.78 is 8.05. The molecule has 2 aromatic carbocycles. The SMILES string of the molecule is Cc1ccc([C@@H](c2ccc3c(nnn3C)c2C)C(C)(C)C(=O)O)cc1CN1Cc2nc(O)ccc2O[C@@H](C(C)C)C1. The van der Waals surface area contributed by atoms with Crippen LogP contribution in [0.2, 0.25) is 0 Å². The van der Waals surface area contributed by atoms with Crippen molar-refractivity contribution in [2.45, 2.75) is 66.7 Å². The van der Waals surface area contributed by atoms with Gasteiger partial charge in [-0.1, -0.05) is 43.3 Å². The maximum absolute atomic E-state index is 12.7. The number of hydrogen-bond donors (Lipinski definition) is 2. The van der Waals surface area contributed by atoms with E-state index in [1.54, 1.807) is 30.7 Å². The maximum Gasteiger partial charge on any atom is 0.310 e. The van der Waals surface area contributed by atoms with E-state index in [-0.39, 0.29) is 17.9 Å². The number of fused-ring (bicyclic) bond motifs is 2. The standard InChI is InChI=1S/C32H39N5O4/c1-18(2)27-17-37(16-24-26(41-27)12-13-28(38)33-24)15-22-14-21(9-8-19(22)3)29(32(5,6)31(39)40)23-10-11-25-30(20(23)4)34-35-36(25)7/h8-14,18,27,29H,15-17H2,1-7H3,(H,33,38)(H,39,40)/t27-,29+/m1/s1. The number of nitrogens with zero attached hydrogens (tertiary/aromatic N) is 5. The van der Waals surface area contributed by atoms with Crippen molar-refractivity contribution < 1.29 is 19.7 Å². The summed E-state index contributed by atoms with van der Waals surface area (Å²) in [7, 11) is 1.85. The van der Waals surface area contributed by atoms with Gasteiger partial charge in [-0.05, 0) is 73.6 Å². The fraction of sp³-hybridized carbons (Fsp3) is 0.438. The summed E-state index contributed by atoms with van der Waals surface area (Å²) in [5.41, 5.74) is 6.34. The molecular weight excluding hydrogens is 518 g/mol. The number of rotatable bonds is 7. The second kappa shape index (κ2) is 10.8. The molecule has 5 rings (SSSR count). The lowest BCUT2D eigenvalue weighted by atomic mass is 9.69. The van der Waals surface area contributed by atoms with E-state index in [4.69, 9.17) is 4.74 Å². The number of carbonyl (C=O) groups is 1. The molecule has 0 unspecified atom stereocenters. The minimum atomic E-state index is -1.09. The van der Waals surface area contributed by atoms with Crippen LogP contribution in [0.5, 0.6) is 11.6 Å². The molecule has 0 radical (unpaired) electrons. The Bertz CT molecular complexity index is 1610. The van der Waals surface area contributed by atoms with Crippen molar-refractivity contribution >= 4 is 17.0 Å². The second-order valence-electron chi connectivity index (χ2n) is 12.2. The molecule has 9 nitrogen and oxygen atoms in total. The van der Waals surface area contributed by atoms with Crippen molar-refractivity contribution in [2.24, 2.45) is 18.4 Å². The summed E-state index contributed by atoms with van der Waals surface area (Å²) in [5.74, 6) is -0.323. The van der Waals surface area contributed by atoms with Gasteiger partial charge in [0.05, 0.1) is 10.9 Å². The maximum atomic E-state index is 12.7. The van der Waals surface area contributed by atoms with Crippen LogP contribution in [-0.4, -0.2) is 53.7 Å². The summed E-state index contributed by atoms with van der Waals surface area (Å²) in [5, 5.41) is 29.0. The monoisotopic (exact) mass is 557 g/mol. The molecule has 2 aromatic heterocycles. The molecule has 41 heavy (non-hydrogen) atoms. The van der Waals surface area contributed by atoms with Crippen molar-refractivity contribution in [1.29, 1.82) is 0 Å². The van der Waals surface area contributed by atoms with Gasteiger partial charge < -0.3 is 14.9 Å². The van der Waals surface area contributed by atoms with Gasteiger partial charge in [-0.2, -0.15) is 0 Å². The van der Waals surface area contributed by atoms with Crippen LogP contribution in [0.25, 0.3) is 11.0 Å². The fourth-order valence-electron chi connectivity index (χ4n) is 5.85. The molecule has 2 N–H and O–H groups in total. The van der Waals surface area contributed by atoms with E-state index in [1.807, 2.05) is 32.2 Å². The average molecular weight is 558 g/mol. The minimum absolute atomic E-state index is 0.0253. The number of aryl methyl sites for hydroxylation is 3. The first-order chi connectivity index (χ1) is 19.4. The van der Waals surface area contributed by atoms with E-state index < -0.39 is 17.3 Å². The largest absolute Gasteiger partial charge is 0.493 e. The van der Waals surface area contributed by atoms with Crippen molar-refractivity contribution in [1.82, 2.24) is 24.9 Å². The van der Waals surface area contributed by atoms with E-state index in [9.17, 15) is 15.0 Å². The highest BCUT2D eigenvalue weighted by Gasteiger charge is 2.40. The Morgan fingerprint density at radius 1 is 1.15 bits per heavy atom. The number of pyridine rings is 1. The lowest BCUT2D eigenvalue weighted by Gasteiger charge is -2.33. The first-order valence-corrected chi connectivity index (χ1v) is 14.1. The summed E-state index contributed by atoms with van der Waals surface area (Å²) in [6.07, 6.45) is -0.0360. The van der Waals surface area contributed by atoms with Crippen LogP contribution in [0.3, 0.4) is 0 Å². The summed E-state index contributed by atoms with van der Waals surface area (Å²) in [6, 6.07) is 13.6. The Balaban J connectivity index is 1.57. The number of aromatic nitrogens is 4. The molecule has 0 saturated heterocycles. The van der Waals surface area contributed by atoms with Crippen LogP contribution >= 0.6 is 0 Å². The van der Waals surface area contributed by atoms with Crippen molar-refractivity contribution in [3.05, 3.63) is 76.0 Å². The van der Waals surface area contributed by atoms with Gasteiger partial charge >= 0.3 is 5.97 Å². The van der Waals surface area contributed by atoms with Crippen LogP contribution in [0.1, 0.15) is 67.1 Å². The number of aliphatic carboxylic acids is 1. The predicted octanol–water partition coefficient (Wildman–Crippen LogP) is 5.35. The molecule has 1 aliphatic heterocycles. The first-order valence-electron chi connectivity index (χ1n) is 14.1. The van der Waals surface area contributed by atoms with E-state index in [0.29, 0.717) is 31.1 Å². The summed E-state index contributed by atoms with van der Waals surface area (Å²) in [6.45, 7) is 13.8. The predicted molar refractivity (Wildman–Crippen MR) is 157 cm³/mol. The van der Waals surface area contributed by atoms with Gasteiger partial charge in [0.15, 0.2) is 0 Å². The zero-order valence-electron chi connectivity index (χ0n) is 24.8. The number of ether oxygens (including phenoxy) is 1. The third kappa shape index (κ3) is 5.38. The molecule has 0 bridgehead atoms. The number of aromatic hydroxyl groups is 1. The highest BCUT2D eigenvalue weighted by Crippen LogP contribution is 2.44. The van der Waals surface area contributed by atoms with Crippen LogP contribution in [-0.2, 0) is 24.9 Å². The molecule has 216 valence electrons. The highest BCUT2D eigenvalue weighted by atomic mass is 16.5. The van der Waals surface area contributed by atoms with Crippen LogP contribution in [0.15, 0.2) is 42.5 Å². The lowest BCUT2D eigenvalue weighted by molar-refractivity contribution is -0.147.